The van der Waals surface area contributed by atoms with Gasteiger partial charge in [-0.2, -0.15) is 0 Å². The summed E-state index contributed by atoms with van der Waals surface area (Å²) in [5.74, 6) is 0.333. The normalized spacial score (nSPS) is 20.1. The summed E-state index contributed by atoms with van der Waals surface area (Å²) in [6.45, 7) is 2.22. The van der Waals surface area contributed by atoms with E-state index < -0.39 is 0 Å². The van der Waals surface area contributed by atoms with E-state index in [1.807, 2.05) is 12.1 Å². The molecule has 0 spiro atoms. The number of phenols is 1. The molecule has 1 aliphatic rings. The van der Waals surface area contributed by atoms with Crippen molar-refractivity contribution in [1.82, 2.24) is 5.32 Å². The second-order valence-electron chi connectivity index (χ2n) is 4.00. The molecule has 0 saturated carbocycles. The fourth-order valence-corrected chi connectivity index (χ4v) is 1.89. The van der Waals surface area contributed by atoms with Crippen molar-refractivity contribution < 1.29 is 5.11 Å². The Kier molecular flexibility index (Phi) is 3.41. The Balaban J connectivity index is 2.10. The van der Waals surface area contributed by atoms with E-state index in [9.17, 15) is 5.11 Å². The molecule has 2 heteroatoms. The van der Waals surface area contributed by atoms with E-state index in [1.54, 1.807) is 12.1 Å². The van der Waals surface area contributed by atoms with Gasteiger partial charge in [-0.15, -0.1) is 0 Å². The lowest BCUT2D eigenvalue weighted by Gasteiger charge is -2.02. The summed E-state index contributed by atoms with van der Waals surface area (Å²) in [5.41, 5.74) is 2.69. The zero-order valence-electron chi connectivity index (χ0n) is 8.87. The van der Waals surface area contributed by atoms with Gasteiger partial charge in [0.25, 0.3) is 0 Å². The van der Waals surface area contributed by atoms with E-state index in [0.717, 1.165) is 19.5 Å². The molecule has 0 radical (unpaired) electrons. The Labute approximate surface area is 90.6 Å². The lowest BCUT2D eigenvalue weighted by atomic mass is 10.0. The zero-order valence-corrected chi connectivity index (χ0v) is 8.87. The highest BCUT2D eigenvalue weighted by molar-refractivity contribution is 5.53. The van der Waals surface area contributed by atoms with Crippen molar-refractivity contribution in [3.8, 4) is 5.75 Å². The number of hydrogen-bond donors (Lipinski definition) is 2. The summed E-state index contributed by atoms with van der Waals surface area (Å²) >= 11 is 0. The largest absolute Gasteiger partial charge is 0.508 e. The average Bonchev–Trinajstić information content (AvgIpc) is 2.50. The first-order valence-electron chi connectivity index (χ1n) is 5.54. The molecule has 80 valence electrons. The van der Waals surface area contributed by atoms with Gasteiger partial charge in [0.05, 0.1) is 0 Å². The van der Waals surface area contributed by atoms with Crippen molar-refractivity contribution in [3.63, 3.8) is 0 Å². The SMILES string of the molecule is Oc1ccc(/C=C2/CCCNCC2)cc1. The third-order valence-electron chi connectivity index (χ3n) is 2.74. The number of nitrogens with one attached hydrogen (secondary N) is 1. The van der Waals surface area contributed by atoms with Gasteiger partial charge in [-0.25, -0.2) is 0 Å². The van der Waals surface area contributed by atoms with Crippen molar-refractivity contribution in [2.75, 3.05) is 13.1 Å². The highest BCUT2D eigenvalue weighted by atomic mass is 16.3. The maximum atomic E-state index is 9.18. The Morgan fingerprint density at radius 3 is 2.67 bits per heavy atom. The first-order chi connectivity index (χ1) is 7.34. The van der Waals surface area contributed by atoms with Crippen LogP contribution in [-0.2, 0) is 0 Å². The minimum absolute atomic E-state index is 0.333. The number of phenolic OH excluding ortho intramolecular Hbond substituents is 1. The average molecular weight is 203 g/mol. The smallest absolute Gasteiger partial charge is 0.115 e. The van der Waals surface area contributed by atoms with Crippen LogP contribution in [0.25, 0.3) is 6.08 Å². The van der Waals surface area contributed by atoms with Crippen LogP contribution in [0.5, 0.6) is 5.75 Å². The van der Waals surface area contributed by atoms with Crippen molar-refractivity contribution in [1.29, 1.82) is 0 Å². The highest BCUT2D eigenvalue weighted by Gasteiger charge is 2.03. The molecule has 1 aromatic carbocycles. The van der Waals surface area contributed by atoms with Crippen LogP contribution < -0.4 is 5.32 Å². The maximum Gasteiger partial charge on any atom is 0.115 e. The van der Waals surface area contributed by atoms with E-state index in [1.165, 1.54) is 24.0 Å². The summed E-state index contributed by atoms with van der Waals surface area (Å²) in [6, 6.07) is 7.39. The van der Waals surface area contributed by atoms with Gasteiger partial charge in [0, 0.05) is 0 Å². The van der Waals surface area contributed by atoms with Gasteiger partial charge in [0.2, 0.25) is 0 Å². The van der Waals surface area contributed by atoms with Crippen molar-refractivity contribution >= 4 is 6.08 Å². The lowest BCUT2D eigenvalue weighted by Crippen LogP contribution is -2.13. The Bertz CT molecular complexity index is 330. The number of hydrogen-bond acceptors (Lipinski definition) is 2. The second-order valence-corrected chi connectivity index (χ2v) is 4.00. The van der Waals surface area contributed by atoms with Crippen LogP contribution in [-0.4, -0.2) is 18.2 Å². The summed E-state index contributed by atoms with van der Waals surface area (Å²) in [4.78, 5) is 0. The lowest BCUT2D eigenvalue weighted by molar-refractivity contribution is 0.475. The standard InChI is InChI=1S/C13H17NO/c15-13-5-3-12(4-6-13)10-11-2-1-8-14-9-7-11/h3-6,10,14-15H,1-2,7-9H2/b11-10-. The monoisotopic (exact) mass is 203 g/mol. The van der Waals surface area contributed by atoms with Crippen LogP contribution in [0, 0.1) is 0 Å². The topological polar surface area (TPSA) is 32.3 Å². The van der Waals surface area contributed by atoms with Crippen molar-refractivity contribution in [2.24, 2.45) is 0 Å². The molecule has 2 N–H and O–H groups in total. The van der Waals surface area contributed by atoms with Gasteiger partial charge in [-0.3, -0.25) is 0 Å². The molecule has 15 heavy (non-hydrogen) atoms. The van der Waals surface area contributed by atoms with Crippen LogP contribution in [0.4, 0.5) is 0 Å². The molecule has 0 atom stereocenters. The van der Waals surface area contributed by atoms with Crippen molar-refractivity contribution in [2.45, 2.75) is 19.3 Å². The molecule has 1 heterocycles. The minimum Gasteiger partial charge on any atom is -0.508 e. The van der Waals surface area contributed by atoms with Gasteiger partial charge in [0.1, 0.15) is 5.75 Å². The maximum absolute atomic E-state index is 9.18. The molecular weight excluding hydrogens is 186 g/mol. The Morgan fingerprint density at radius 1 is 1.07 bits per heavy atom. The van der Waals surface area contributed by atoms with E-state index >= 15 is 0 Å². The molecule has 0 aromatic heterocycles. The Hall–Kier alpha value is -1.28. The van der Waals surface area contributed by atoms with Gasteiger partial charge >= 0.3 is 0 Å². The molecule has 1 fully saturated rings. The first-order valence-corrected chi connectivity index (χ1v) is 5.54. The molecule has 0 bridgehead atoms. The molecule has 0 unspecified atom stereocenters. The predicted molar refractivity (Wildman–Crippen MR) is 62.8 cm³/mol. The van der Waals surface area contributed by atoms with E-state index in [2.05, 4.69) is 11.4 Å². The fraction of sp³-hybridized carbons (Fsp3) is 0.385. The zero-order chi connectivity index (χ0) is 10.5. The van der Waals surface area contributed by atoms with Gasteiger partial charge in [-0.1, -0.05) is 23.8 Å². The van der Waals surface area contributed by atoms with Gasteiger partial charge < -0.3 is 10.4 Å². The molecule has 0 amide bonds. The molecule has 2 rings (SSSR count). The van der Waals surface area contributed by atoms with E-state index in [4.69, 9.17) is 0 Å². The second kappa shape index (κ2) is 4.99. The van der Waals surface area contributed by atoms with E-state index in [0.29, 0.717) is 5.75 Å². The fourth-order valence-electron chi connectivity index (χ4n) is 1.89. The predicted octanol–water partition coefficient (Wildman–Crippen LogP) is 2.55. The number of rotatable bonds is 1. The molecule has 1 saturated heterocycles. The van der Waals surface area contributed by atoms with Crippen LogP contribution >= 0.6 is 0 Å². The third-order valence-corrected chi connectivity index (χ3v) is 2.74. The molecule has 2 nitrogen and oxygen atoms in total. The number of benzene rings is 1. The van der Waals surface area contributed by atoms with Gasteiger partial charge in [-0.05, 0) is 50.0 Å². The molecule has 0 aliphatic carbocycles. The molecule has 1 aromatic rings. The number of aromatic hydroxyl groups is 1. The van der Waals surface area contributed by atoms with Crippen LogP contribution in [0.1, 0.15) is 24.8 Å². The van der Waals surface area contributed by atoms with Crippen LogP contribution in [0.15, 0.2) is 29.8 Å². The highest BCUT2D eigenvalue weighted by Crippen LogP contribution is 2.18. The first kappa shape index (κ1) is 10.2. The quantitative estimate of drug-likeness (QED) is 0.735. The summed E-state index contributed by atoms with van der Waals surface area (Å²) in [6.07, 6.45) is 5.80. The van der Waals surface area contributed by atoms with Crippen LogP contribution in [0.3, 0.4) is 0 Å². The molecular formula is C13H17NO. The van der Waals surface area contributed by atoms with Gasteiger partial charge in [0.15, 0.2) is 0 Å². The summed E-state index contributed by atoms with van der Waals surface area (Å²) in [5, 5.41) is 12.6. The summed E-state index contributed by atoms with van der Waals surface area (Å²) in [7, 11) is 0. The molecule has 1 aliphatic heterocycles. The third kappa shape index (κ3) is 3.10. The van der Waals surface area contributed by atoms with Crippen LogP contribution in [0.2, 0.25) is 0 Å². The minimum atomic E-state index is 0.333. The van der Waals surface area contributed by atoms with Crippen molar-refractivity contribution in [3.05, 3.63) is 35.4 Å². The Morgan fingerprint density at radius 2 is 1.87 bits per heavy atom. The summed E-state index contributed by atoms with van der Waals surface area (Å²) < 4.78 is 0. The van der Waals surface area contributed by atoms with E-state index in [-0.39, 0.29) is 0 Å².